The first kappa shape index (κ1) is 14.9. The van der Waals surface area contributed by atoms with Gasteiger partial charge in [0.25, 0.3) is 0 Å². The van der Waals surface area contributed by atoms with Gasteiger partial charge < -0.3 is 10.1 Å². The lowest BCUT2D eigenvalue weighted by Gasteiger charge is -2.15. The van der Waals surface area contributed by atoms with Crippen molar-refractivity contribution in [3.05, 3.63) is 29.3 Å². The van der Waals surface area contributed by atoms with Crippen molar-refractivity contribution in [3.63, 3.8) is 0 Å². The van der Waals surface area contributed by atoms with E-state index in [-0.39, 0.29) is 0 Å². The van der Waals surface area contributed by atoms with Gasteiger partial charge in [0.2, 0.25) is 0 Å². The molecule has 0 saturated carbocycles. The van der Waals surface area contributed by atoms with E-state index in [0.717, 1.165) is 30.0 Å². The van der Waals surface area contributed by atoms with Crippen molar-refractivity contribution in [2.45, 2.75) is 25.9 Å². The zero-order valence-corrected chi connectivity index (χ0v) is 12.0. The molecule has 1 aromatic rings. The summed E-state index contributed by atoms with van der Waals surface area (Å²) in [5, 5.41) is 12.4. The molecule has 98 valence electrons. The van der Waals surface area contributed by atoms with E-state index in [1.807, 2.05) is 23.9 Å². The summed E-state index contributed by atoms with van der Waals surface area (Å²) in [6, 6.07) is 8.13. The van der Waals surface area contributed by atoms with Crippen molar-refractivity contribution >= 4 is 11.8 Å². The summed E-state index contributed by atoms with van der Waals surface area (Å²) in [5.41, 5.74) is 1.71. The van der Waals surface area contributed by atoms with Gasteiger partial charge in [-0.2, -0.15) is 17.0 Å². The maximum Gasteiger partial charge on any atom is 0.123 e. The number of methoxy groups -OCH3 is 1. The van der Waals surface area contributed by atoms with Crippen LogP contribution in [0.4, 0.5) is 0 Å². The molecule has 0 amide bonds. The average Bonchev–Trinajstić information content (AvgIpc) is 2.42. The molecule has 0 aliphatic heterocycles. The highest BCUT2D eigenvalue weighted by molar-refractivity contribution is 7.98. The summed E-state index contributed by atoms with van der Waals surface area (Å²) in [6.45, 7) is 2.91. The highest BCUT2D eigenvalue weighted by atomic mass is 32.2. The Labute approximate surface area is 114 Å². The molecule has 0 saturated heterocycles. The van der Waals surface area contributed by atoms with Crippen LogP contribution in [0.15, 0.2) is 18.2 Å². The lowest BCUT2D eigenvalue weighted by atomic mass is 10.1. The number of hydrogen-bond acceptors (Lipinski definition) is 4. The Kier molecular flexibility index (Phi) is 6.63. The van der Waals surface area contributed by atoms with E-state index in [9.17, 15) is 0 Å². The molecule has 1 unspecified atom stereocenters. The molecule has 18 heavy (non-hydrogen) atoms. The van der Waals surface area contributed by atoms with Crippen molar-refractivity contribution in [2.24, 2.45) is 0 Å². The van der Waals surface area contributed by atoms with Crippen LogP contribution in [-0.4, -0.2) is 25.2 Å². The third-order valence-corrected chi connectivity index (χ3v) is 3.45. The molecule has 0 heterocycles. The summed E-state index contributed by atoms with van der Waals surface area (Å²) < 4.78 is 5.30. The average molecular weight is 264 g/mol. The first-order chi connectivity index (χ1) is 8.71. The molecule has 0 aliphatic carbocycles. The van der Waals surface area contributed by atoms with E-state index in [1.54, 1.807) is 13.2 Å². The van der Waals surface area contributed by atoms with Crippen LogP contribution in [0.25, 0.3) is 0 Å². The molecule has 1 atom stereocenters. The number of nitrogens with one attached hydrogen (secondary N) is 1. The third-order valence-electron chi connectivity index (χ3n) is 2.81. The number of nitrogens with zero attached hydrogens (tertiary/aromatic N) is 1. The van der Waals surface area contributed by atoms with Crippen LogP contribution >= 0.6 is 11.8 Å². The second kappa shape index (κ2) is 8.02. The minimum absolute atomic E-state index is 0.466. The van der Waals surface area contributed by atoms with Crippen LogP contribution in [0.1, 0.15) is 24.5 Å². The molecule has 0 spiro atoms. The minimum atomic E-state index is 0.466. The van der Waals surface area contributed by atoms with Crippen LogP contribution < -0.4 is 10.1 Å². The molecule has 3 nitrogen and oxygen atoms in total. The summed E-state index contributed by atoms with van der Waals surface area (Å²) in [5.74, 6) is 1.99. The Morgan fingerprint density at radius 3 is 2.89 bits per heavy atom. The third kappa shape index (κ3) is 4.59. The first-order valence-corrected chi connectivity index (χ1v) is 7.40. The highest BCUT2D eigenvalue weighted by Crippen LogP contribution is 2.19. The van der Waals surface area contributed by atoms with Crippen LogP contribution in [-0.2, 0) is 6.54 Å². The van der Waals surface area contributed by atoms with Gasteiger partial charge in [-0.3, -0.25) is 0 Å². The van der Waals surface area contributed by atoms with E-state index in [0.29, 0.717) is 11.6 Å². The summed E-state index contributed by atoms with van der Waals surface area (Å²) in [4.78, 5) is 0. The van der Waals surface area contributed by atoms with Gasteiger partial charge in [-0.15, -0.1) is 0 Å². The number of benzene rings is 1. The lowest BCUT2D eigenvalue weighted by Crippen LogP contribution is -2.26. The number of ether oxygens (including phenoxy) is 1. The zero-order chi connectivity index (χ0) is 13.4. The van der Waals surface area contributed by atoms with E-state index < -0.39 is 0 Å². The summed E-state index contributed by atoms with van der Waals surface area (Å²) >= 11 is 1.86. The standard InChI is InChI=1S/C14H20N2OS/c1-11(6-7-18-3)16-10-13-8-12(9-15)4-5-14(13)17-2/h4-5,8,11,16H,6-7,10H2,1-3H3. The van der Waals surface area contributed by atoms with Crippen LogP contribution in [0.2, 0.25) is 0 Å². The molecule has 1 N–H and O–H groups in total. The van der Waals surface area contributed by atoms with Gasteiger partial charge in [-0.05, 0) is 43.6 Å². The van der Waals surface area contributed by atoms with Gasteiger partial charge in [0.1, 0.15) is 5.75 Å². The van der Waals surface area contributed by atoms with Gasteiger partial charge in [-0.25, -0.2) is 0 Å². The fourth-order valence-electron chi connectivity index (χ4n) is 1.67. The Hall–Kier alpha value is -1.18. The second-order valence-electron chi connectivity index (χ2n) is 4.20. The summed E-state index contributed by atoms with van der Waals surface area (Å²) in [7, 11) is 1.65. The number of thioether (sulfide) groups is 1. The van der Waals surface area contributed by atoms with Crippen molar-refractivity contribution in [1.29, 1.82) is 5.26 Å². The van der Waals surface area contributed by atoms with Gasteiger partial charge in [0.15, 0.2) is 0 Å². The van der Waals surface area contributed by atoms with Gasteiger partial charge in [0.05, 0.1) is 18.7 Å². The van der Waals surface area contributed by atoms with Crippen LogP contribution in [0.3, 0.4) is 0 Å². The van der Waals surface area contributed by atoms with Crippen LogP contribution in [0.5, 0.6) is 5.75 Å². The Bertz CT molecular complexity index is 415. The fourth-order valence-corrected chi connectivity index (χ4v) is 2.26. The van der Waals surface area contributed by atoms with E-state index >= 15 is 0 Å². The molecular weight excluding hydrogens is 244 g/mol. The van der Waals surface area contributed by atoms with Gasteiger partial charge in [-0.1, -0.05) is 0 Å². The van der Waals surface area contributed by atoms with Crippen LogP contribution in [0, 0.1) is 11.3 Å². The topological polar surface area (TPSA) is 45.0 Å². The van der Waals surface area contributed by atoms with Crippen molar-refractivity contribution < 1.29 is 4.74 Å². The minimum Gasteiger partial charge on any atom is -0.496 e. The maximum absolute atomic E-state index is 8.91. The number of hydrogen-bond donors (Lipinski definition) is 1. The zero-order valence-electron chi connectivity index (χ0n) is 11.2. The molecule has 0 bridgehead atoms. The summed E-state index contributed by atoms with van der Waals surface area (Å²) in [6.07, 6.45) is 3.26. The largest absolute Gasteiger partial charge is 0.496 e. The van der Waals surface area contributed by atoms with Crippen molar-refractivity contribution in [2.75, 3.05) is 19.1 Å². The van der Waals surface area contributed by atoms with E-state index in [4.69, 9.17) is 10.00 Å². The van der Waals surface area contributed by atoms with Gasteiger partial charge >= 0.3 is 0 Å². The predicted molar refractivity (Wildman–Crippen MR) is 77.0 cm³/mol. The normalized spacial score (nSPS) is 11.9. The number of nitriles is 1. The maximum atomic E-state index is 8.91. The Morgan fingerprint density at radius 2 is 2.28 bits per heavy atom. The van der Waals surface area contributed by atoms with Crippen molar-refractivity contribution in [1.82, 2.24) is 5.32 Å². The quantitative estimate of drug-likeness (QED) is 0.822. The molecular formula is C14H20N2OS. The molecule has 1 rings (SSSR count). The first-order valence-electron chi connectivity index (χ1n) is 6.00. The lowest BCUT2D eigenvalue weighted by molar-refractivity contribution is 0.405. The molecule has 4 heteroatoms. The van der Waals surface area contributed by atoms with Gasteiger partial charge in [0, 0.05) is 18.2 Å². The van der Waals surface area contributed by atoms with Crippen molar-refractivity contribution in [3.8, 4) is 11.8 Å². The molecule has 0 aromatic heterocycles. The fraction of sp³-hybridized carbons (Fsp3) is 0.500. The smallest absolute Gasteiger partial charge is 0.123 e. The Balaban J connectivity index is 2.62. The highest BCUT2D eigenvalue weighted by Gasteiger charge is 2.06. The van der Waals surface area contributed by atoms with E-state index in [1.165, 1.54) is 0 Å². The number of rotatable bonds is 7. The molecule has 1 aromatic carbocycles. The predicted octanol–water partition coefficient (Wildman–Crippen LogP) is 2.80. The molecule has 0 radical (unpaired) electrons. The van der Waals surface area contributed by atoms with E-state index in [2.05, 4.69) is 24.6 Å². The molecule has 0 aliphatic rings. The molecule has 0 fully saturated rings. The second-order valence-corrected chi connectivity index (χ2v) is 5.19. The monoisotopic (exact) mass is 264 g/mol. The SMILES string of the molecule is COc1ccc(C#N)cc1CNC(C)CCSC. The Morgan fingerprint density at radius 1 is 1.50 bits per heavy atom.